The number of hydrogen-bond donors (Lipinski definition) is 1. The predicted molar refractivity (Wildman–Crippen MR) is 135 cm³/mol. The highest BCUT2D eigenvalue weighted by Crippen LogP contribution is 2.28. The van der Waals surface area contributed by atoms with Gasteiger partial charge in [-0.2, -0.15) is 5.10 Å². The van der Waals surface area contributed by atoms with Crippen molar-refractivity contribution in [1.82, 2.24) is 15.1 Å². The lowest BCUT2D eigenvalue weighted by molar-refractivity contribution is -0.150. The number of fused-ring (bicyclic) bond motifs is 1. The summed E-state index contributed by atoms with van der Waals surface area (Å²) in [5.41, 5.74) is 0.894. The average molecular weight is 468 g/mol. The van der Waals surface area contributed by atoms with E-state index in [4.69, 9.17) is 9.84 Å². The summed E-state index contributed by atoms with van der Waals surface area (Å²) >= 11 is 0. The second kappa shape index (κ2) is 10.9. The van der Waals surface area contributed by atoms with E-state index in [1.165, 1.54) is 51.4 Å². The highest BCUT2D eigenvalue weighted by Gasteiger charge is 2.36. The molecule has 0 saturated heterocycles. The van der Waals surface area contributed by atoms with Crippen LogP contribution in [-0.4, -0.2) is 34.3 Å². The standard InChI is InChI=1S/C28H41N3O3/c1-28(2,3)25(27(33)34-19-21-14-8-5-9-15-21)29-26(32)24-22-16-10-11-17-23(22)31(30-24)18-20-12-6-4-7-13-20/h10-11,16-17,20-21,25H,4-9,12-15,18-19H2,1-3H3,(H,29,32). The number of carbonyl (C=O) groups excluding carboxylic acids is 2. The first kappa shape index (κ1) is 24.7. The number of para-hydroxylation sites is 1. The summed E-state index contributed by atoms with van der Waals surface area (Å²) in [4.78, 5) is 26.5. The van der Waals surface area contributed by atoms with Crippen molar-refractivity contribution in [2.24, 2.45) is 17.3 Å². The Hall–Kier alpha value is -2.37. The third-order valence-electron chi connectivity index (χ3n) is 7.59. The smallest absolute Gasteiger partial charge is 0.329 e. The largest absolute Gasteiger partial charge is 0.464 e. The molecule has 1 aromatic carbocycles. The lowest BCUT2D eigenvalue weighted by Crippen LogP contribution is -2.50. The fraction of sp³-hybridized carbons (Fsp3) is 0.679. The number of ether oxygens (including phenoxy) is 1. The Morgan fingerprint density at radius 1 is 1.00 bits per heavy atom. The molecule has 1 unspecified atom stereocenters. The molecule has 0 bridgehead atoms. The molecule has 1 amide bonds. The SMILES string of the molecule is CC(C)(C)C(NC(=O)c1nn(CC2CCCCC2)c2ccccc12)C(=O)OCC1CCCCC1. The maximum Gasteiger partial charge on any atom is 0.329 e. The van der Waals surface area contributed by atoms with E-state index in [9.17, 15) is 9.59 Å². The second-order valence-corrected chi connectivity index (χ2v) is 11.5. The number of aromatic nitrogens is 2. The van der Waals surface area contributed by atoms with Crippen LogP contribution in [-0.2, 0) is 16.1 Å². The van der Waals surface area contributed by atoms with Crippen LogP contribution in [0.15, 0.2) is 24.3 Å². The minimum Gasteiger partial charge on any atom is -0.464 e. The first-order valence-electron chi connectivity index (χ1n) is 13.3. The Bertz CT molecular complexity index is 978. The molecule has 6 heteroatoms. The van der Waals surface area contributed by atoms with Gasteiger partial charge in [0.15, 0.2) is 5.69 Å². The Balaban J connectivity index is 1.49. The maximum atomic E-state index is 13.4. The number of amides is 1. The molecule has 0 radical (unpaired) electrons. The zero-order chi connectivity index (χ0) is 24.1. The van der Waals surface area contributed by atoms with Crippen molar-refractivity contribution in [3.63, 3.8) is 0 Å². The van der Waals surface area contributed by atoms with Crippen molar-refractivity contribution in [1.29, 1.82) is 0 Å². The van der Waals surface area contributed by atoms with E-state index < -0.39 is 11.5 Å². The quantitative estimate of drug-likeness (QED) is 0.516. The van der Waals surface area contributed by atoms with Gasteiger partial charge in [0.2, 0.25) is 0 Å². The molecule has 6 nitrogen and oxygen atoms in total. The van der Waals surface area contributed by atoms with Crippen molar-refractivity contribution in [2.75, 3.05) is 6.61 Å². The molecule has 4 rings (SSSR count). The Kier molecular flexibility index (Phi) is 7.95. The van der Waals surface area contributed by atoms with Gasteiger partial charge in [0.25, 0.3) is 5.91 Å². The van der Waals surface area contributed by atoms with E-state index in [0.717, 1.165) is 30.3 Å². The van der Waals surface area contributed by atoms with Crippen molar-refractivity contribution in [2.45, 2.75) is 97.6 Å². The molecular weight excluding hydrogens is 426 g/mol. The third kappa shape index (κ3) is 6.00. The van der Waals surface area contributed by atoms with E-state index in [0.29, 0.717) is 24.1 Å². The summed E-state index contributed by atoms with van der Waals surface area (Å²) in [6.45, 7) is 7.15. The van der Waals surface area contributed by atoms with Crippen LogP contribution in [0.1, 0.15) is 95.5 Å². The first-order valence-corrected chi connectivity index (χ1v) is 13.3. The number of rotatable bonds is 7. The molecule has 0 spiro atoms. The molecule has 34 heavy (non-hydrogen) atoms. The lowest BCUT2D eigenvalue weighted by Gasteiger charge is -2.30. The van der Waals surface area contributed by atoms with Crippen LogP contribution in [0.2, 0.25) is 0 Å². The van der Waals surface area contributed by atoms with Crippen LogP contribution >= 0.6 is 0 Å². The molecule has 2 aromatic rings. The molecule has 1 aromatic heterocycles. The van der Waals surface area contributed by atoms with Crippen LogP contribution < -0.4 is 5.32 Å². The summed E-state index contributed by atoms with van der Waals surface area (Å²) in [6, 6.07) is 7.17. The van der Waals surface area contributed by atoms with Gasteiger partial charge in [-0.05, 0) is 49.0 Å². The van der Waals surface area contributed by atoms with Gasteiger partial charge in [-0.25, -0.2) is 4.79 Å². The fourth-order valence-electron chi connectivity index (χ4n) is 5.51. The van der Waals surface area contributed by atoms with Gasteiger partial charge < -0.3 is 10.1 Å². The van der Waals surface area contributed by atoms with Gasteiger partial charge >= 0.3 is 5.97 Å². The van der Waals surface area contributed by atoms with Crippen molar-refractivity contribution in [3.05, 3.63) is 30.0 Å². The zero-order valence-corrected chi connectivity index (χ0v) is 21.1. The summed E-state index contributed by atoms with van der Waals surface area (Å²) in [7, 11) is 0. The molecular formula is C28H41N3O3. The van der Waals surface area contributed by atoms with E-state index in [1.807, 2.05) is 49.7 Å². The van der Waals surface area contributed by atoms with E-state index in [-0.39, 0.29) is 11.9 Å². The van der Waals surface area contributed by atoms with Gasteiger partial charge in [0.1, 0.15) is 6.04 Å². The third-order valence-corrected chi connectivity index (χ3v) is 7.59. The van der Waals surface area contributed by atoms with Crippen LogP contribution in [0.25, 0.3) is 10.9 Å². The normalized spacial score (nSPS) is 19.1. The minimum atomic E-state index is -0.731. The van der Waals surface area contributed by atoms with Crippen molar-refractivity contribution in [3.8, 4) is 0 Å². The van der Waals surface area contributed by atoms with E-state index in [1.54, 1.807) is 0 Å². The molecule has 1 N–H and O–H groups in total. The Morgan fingerprint density at radius 3 is 2.26 bits per heavy atom. The molecule has 1 atom stereocenters. The number of nitrogens with zero attached hydrogens (tertiary/aromatic N) is 2. The second-order valence-electron chi connectivity index (χ2n) is 11.5. The van der Waals surface area contributed by atoms with Gasteiger partial charge in [-0.15, -0.1) is 0 Å². The number of carbonyl (C=O) groups is 2. The molecule has 0 aliphatic heterocycles. The monoisotopic (exact) mass is 467 g/mol. The molecule has 2 aliphatic carbocycles. The average Bonchev–Trinajstić information content (AvgIpc) is 3.20. The van der Waals surface area contributed by atoms with Crippen molar-refractivity contribution < 1.29 is 14.3 Å². The Labute approximate surface area is 203 Å². The van der Waals surface area contributed by atoms with Gasteiger partial charge in [-0.1, -0.05) is 77.5 Å². The Morgan fingerprint density at radius 2 is 1.62 bits per heavy atom. The van der Waals surface area contributed by atoms with E-state index in [2.05, 4.69) is 5.32 Å². The summed E-state index contributed by atoms with van der Waals surface area (Å²) in [6.07, 6.45) is 12.2. The van der Waals surface area contributed by atoms with Crippen LogP contribution in [0.4, 0.5) is 0 Å². The first-order chi connectivity index (χ1) is 16.3. The maximum absolute atomic E-state index is 13.4. The topological polar surface area (TPSA) is 73.2 Å². The summed E-state index contributed by atoms with van der Waals surface area (Å²) in [5, 5.41) is 8.56. The molecule has 2 saturated carbocycles. The number of benzene rings is 1. The minimum absolute atomic E-state index is 0.312. The number of hydrogen-bond acceptors (Lipinski definition) is 4. The summed E-state index contributed by atoms with van der Waals surface area (Å²) < 4.78 is 7.71. The molecule has 186 valence electrons. The van der Waals surface area contributed by atoms with E-state index >= 15 is 0 Å². The number of esters is 1. The molecule has 2 aliphatic rings. The summed E-state index contributed by atoms with van der Waals surface area (Å²) in [5.74, 6) is 0.379. The zero-order valence-electron chi connectivity index (χ0n) is 21.1. The van der Waals surface area contributed by atoms with Gasteiger partial charge in [0.05, 0.1) is 12.1 Å². The van der Waals surface area contributed by atoms with Gasteiger partial charge in [0, 0.05) is 11.9 Å². The predicted octanol–water partition coefficient (Wildman–Crippen LogP) is 5.88. The van der Waals surface area contributed by atoms with Crippen molar-refractivity contribution >= 4 is 22.8 Å². The lowest BCUT2D eigenvalue weighted by atomic mass is 9.86. The van der Waals surface area contributed by atoms with Crippen LogP contribution in [0.3, 0.4) is 0 Å². The fourth-order valence-corrected chi connectivity index (χ4v) is 5.51. The highest BCUT2D eigenvalue weighted by atomic mass is 16.5. The van der Waals surface area contributed by atoms with Crippen LogP contribution in [0.5, 0.6) is 0 Å². The molecule has 2 fully saturated rings. The highest BCUT2D eigenvalue weighted by molar-refractivity contribution is 6.06. The molecule has 1 heterocycles. The van der Waals surface area contributed by atoms with Gasteiger partial charge in [-0.3, -0.25) is 9.48 Å². The number of nitrogens with one attached hydrogen (secondary N) is 1. The van der Waals surface area contributed by atoms with Crippen LogP contribution in [0, 0.1) is 17.3 Å².